The van der Waals surface area contributed by atoms with Crippen LogP contribution in [0, 0.1) is 0 Å². The van der Waals surface area contributed by atoms with Crippen LogP contribution in [0.25, 0.3) is 0 Å². The third kappa shape index (κ3) is 3.22. The summed E-state index contributed by atoms with van der Waals surface area (Å²) in [6.07, 6.45) is 0.296. The van der Waals surface area contributed by atoms with Gasteiger partial charge < -0.3 is 15.4 Å². The summed E-state index contributed by atoms with van der Waals surface area (Å²) in [4.78, 5) is 25.0. The van der Waals surface area contributed by atoms with Crippen molar-refractivity contribution in [2.24, 2.45) is 7.05 Å². The molecule has 2 heterocycles. The third-order valence-corrected chi connectivity index (χ3v) is 4.85. The number of benzene rings is 2. The van der Waals surface area contributed by atoms with Gasteiger partial charge >= 0.3 is 0 Å². The van der Waals surface area contributed by atoms with E-state index in [1.54, 1.807) is 43.1 Å². The molecule has 0 bridgehead atoms. The van der Waals surface area contributed by atoms with Crippen molar-refractivity contribution in [1.29, 1.82) is 0 Å². The molecule has 1 aliphatic rings. The summed E-state index contributed by atoms with van der Waals surface area (Å²) in [7, 11) is 3.30. The number of hydrogen-bond acceptors (Lipinski definition) is 4. The van der Waals surface area contributed by atoms with Gasteiger partial charge in [0.1, 0.15) is 11.6 Å². The molecule has 2 amide bonds. The summed E-state index contributed by atoms with van der Waals surface area (Å²) in [6.45, 7) is 0. The maximum atomic E-state index is 12.8. The highest BCUT2D eigenvalue weighted by Crippen LogP contribution is 2.41. The molecule has 4 rings (SSSR count). The highest BCUT2D eigenvalue weighted by atomic mass is 16.5. The fourth-order valence-corrected chi connectivity index (χ4v) is 3.50. The predicted octanol–water partition coefficient (Wildman–Crippen LogP) is 3.16. The Bertz CT molecular complexity index is 1040. The summed E-state index contributed by atoms with van der Waals surface area (Å²) in [5.41, 5.74) is 2.28. The van der Waals surface area contributed by atoms with E-state index < -0.39 is 0 Å². The molecule has 3 aromatic rings. The molecule has 1 aromatic heterocycles. The number of anilines is 2. The van der Waals surface area contributed by atoms with Gasteiger partial charge in [-0.3, -0.25) is 14.3 Å². The van der Waals surface area contributed by atoms with Crippen LogP contribution >= 0.6 is 0 Å². The van der Waals surface area contributed by atoms with Crippen molar-refractivity contribution in [3.63, 3.8) is 0 Å². The van der Waals surface area contributed by atoms with Crippen LogP contribution in [0.1, 0.15) is 33.8 Å². The molecule has 142 valence electrons. The smallest absolute Gasteiger partial charge is 0.257 e. The van der Waals surface area contributed by atoms with Crippen molar-refractivity contribution in [3.05, 3.63) is 71.3 Å². The Balaban J connectivity index is 1.72. The molecule has 1 aliphatic heterocycles. The standard InChI is InChI=1S/C21H20N4O3/c1-25-20-18(16(12-17(26)22-20)13-7-4-3-5-8-13)19(24-25)23-21(27)14-9-6-10-15(11-14)28-2/h3-11,16H,12H2,1-2H3,(H,22,26)(H,23,24,27)/t16-/m0/s1. The zero-order valence-electron chi connectivity index (χ0n) is 15.6. The number of hydrogen-bond donors (Lipinski definition) is 2. The maximum Gasteiger partial charge on any atom is 0.257 e. The van der Waals surface area contributed by atoms with Gasteiger partial charge in [-0.1, -0.05) is 36.4 Å². The molecule has 7 heteroatoms. The van der Waals surface area contributed by atoms with E-state index in [9.17, 15) is 9.59 Å². The van der Waals surface area contributed by atoms with E-state index in [0.717, 1.165) is 11.1 Å². The SMILES string of the molecule is COc1cccc(C(=O)Nc2nn(C)c3c2[C@H](c2ccccc2)CC(=O)N3)c1. The molecule has 0 radical (unpaired) electrons. The molecule has 7 nitrogen and oxygen atoms in total. The van der Waals surface area contributed by atoms with Crippen LogP contribution in [0.2, 0.25) is 0 Å². The second-order valence-electron chi connectivity index (χ2n) is 6.64. The Morgan fingerprint density at radius 1 is 1.21 bits per heavy atom. The average Bonchev–Trinajstić information content (AvgIpc) is 3.03. The monoisotopic (exact) mass is 376 g/mol. The van der Waals surface area contributed by atoms with E-state index in [2.05, 4.69) is 15.7 Å². The van der Waals surface area contributed by atoms with E-state index in [1.807, 2.05) is 30.3 Å². The van der Waals surface area contributed by atoms with Gasteiger partial charge in [0.15, 0.2) is 5.82 Å². The largest absolute Gasteiger partial charge is 0.497 e. The molecular formula is C21H20N4O3. The van der Waals surface area contributed by atoms with Crippen molar-refractivity contribution in [1.82, 2.24) is 9.78 Å². The van der Waals surface area contributed by atoms with Crippen molar-refractivity contribution in [2.45, 2.75) is 12.3 Å². The van der Waals surface area contributed by atoms with Crippen LogP contribution in [0.4, 0.5) is 11.6 Å². The highest BCUT2D eigenvalue weighted by Gasteiger charge is 2.33. The van der Waals surface area contributed by atoms with Crippen LogP contribution < -0.4 is 15.4 Å². The first kappa shape index (κ1) is 17.8. The van der Waals surface area contributed by atoms with Gasteiger partial charge in [-0.2, -0.15) is 5.10 Å². The van der Waals surface area contributed by atoms with E-state index >= 15 is 0 Å². The zero-order chi connectivity index (χ0) is 19.7. The quantitative estimate of drug-likeness (QED) is 0.732. The number of ether oxygens (including phenoxy) is 1. The minimum Gasteiger partial charge on any atom is -0.497 e. The number of nitrogens with one attached hydrogen (secondary N) is 2. The fraction of sp³-hybridized carbons (Fsp3) is 0.190. The van der Waals surface area contributed by atoms with Crippen LogP contribution in [0.15, 0.2) is 54.6 Å². The lowest BCUT2D eigenvalue weighted by Gasteiger charge is -2.24. The number of carbonyl (C=O) groups is 2. The number of nitrogens with zero attached hydrogens (tertiary/aromatic N) is 2. The first-order chi connectivity index (χ1) is 13.6. The highest BCUT2D eigenvalue weighted by molar-refractivity contribution is 6.05. The van der Waals surface area contributed by atoms with Crippen LogP contribution in [-0.2, 0) is 11.8 Å². The molecular weight excluding hydrogens is 356 g/mol. The van der Waals surface area contributed by atoms with E-state index in [0.29, 0.717) is 29.4 Å². The van der Waals surface area contributed by atoms with Gasteiger partial charge in [0, 0.05) is 30.5 Å². The van der Waals surface area contributed by atoms with Gasteiger partial charge in [0.2, 0.25) is 5.91 Å². The molecule has 0 unspecified atom stereocenters. The third-order valence-electron chi connectivity index (χ3n) is 4.85. The molecule has 28 heavy (non-hydrogen) atoms. The van der Waals surface area contributed by atoms with E-state index in [1.165, 1.54) is 0 Å². The summed E-state index contributed by atoms with van der Waals surface area (Å²) >= 11 is 0. The molecule has 0 spiro atoms. The number of rotatable bonds is 4. The van der Waals surface area contributed by atoms with Gasteiger partial charge in [-0.25, -0.2) is 0 Å². The number of methoxy groups -OCH3 is 1. The lowest BCUT2D eigenvalue weighted by atomic mass is 9.86. The van der Waals surface area contributed by atoms with Crippen molar-refractivity contribution >= 4 is 23.5 Å². The van der Waals surface area contributed by atoms with Crippen LogP contribution in [0.3, 0.4) is 0 Å². The molecule has 0 fully saturated rings. The second-order valence-corrected chi connectivity index (χ2v) is 6.64. The number of aromatic nitrogens is 2. The lowest BCUT2D eigenvalue weighted by molar-refractivity contribution is -0.116. The van der Waals surface area contributed by atoms with Crippen molar-refractivity contribution in [3.8, 4) is 5.75 Å². The predicted molar refractivity (Wildman–Crippen MR) is 106 cm³/mol. The Morgan fingerprint density at radius 3 is 2.75 bits per heavy atom. The van der Waals surface area contributed by atoms with Gasteiger partial charge in [0.05, 0.1) is 7.11 Å². The molecule has 0 saturated carbocycles. The van der Waals surface area contributed by atoms with E-state index in [-0.39, 0.29) is 17.7 Å². The molecule has 0 saturated heterocycles. The number of carbonyl (C=O) groups excluding carboxylic acids is 2. The Hall–Kier alpha value is -3.61. The first-order valence-electron chi connectivity index (χ1n) is 8.94. The Morgan fingerprint density at radius 2 is 2.00 bits per heavy atom. The average molecular weight is 376 g/mol. The lowest BCUT2D eigenvalue weighted by Crippen LogP contribution is -2.25. The summed E-state index contributed by atoms with van der Waals surface area (Å²) in [5.74, 6) is 1.10. The summed E-state index contributed by atoms with van der Waals surface area (Å²) in [6, 6.07) is 16.7. The van der Waals surface area contributed by atoms with Gasteiger partial charge in [-0.05, 0) is 23.8 Å². The number of aryl methyl sites for hydroxylation is 1. The second kappa shape index (κ2) is 7.19. The first-order valence-corrected chi connectivity index (χ1v) is 8.94. The topological polar surface area (TPSA) is 85.2 Å². The van der Waals surface area contributed by atoms with Crippen LogP contribution in [-0.4, -0.2) is 28.7 Å². The van der Waals surface area contributed by atoms with Crippen LogP contribution in [0.5, 0.6) is 5.75 Å². The van der Waals surface area contributed by atoms with Crippen molar-refractivity contribution < 1.29 is 14.3 Å². The Kier molecular flexibility index (Phi) is 4.57. The molecule has 1 atom stereocenters. The maximum absolute atomic E-state index is 12.8. The number of fused-ring (bicyclic) bond motifs is 1. The fourth-order valence-electron chi connectivity index (χ4n) is 3.50. The van der Waals surface area contributed by atoms with Gasteiger partial charge in [-0.15, -0.1) is 0 Å². The van der Waals surface area contributed by atoms with E-state index in [4.69, 9.17) is 4.74 Å². The summed E-state index contributed by atoms with van der Waals surface area (Å²) in [5, 5.41) is 10.2. The molecule has 2 N–H and O–H groups in total. The Labute approximate surface area is 162 Å². The van der Waals surface area contributed by atoms with Crippen molar-refractivity contribution in [2.75, 3.05) is 17.7 Å². The summed E-state index contributed by atoms with van der Waals surface area (Å²) < 4.78 is 6.78. The zero-order valence-corrected chi connectivity index (χ0v) is 15.6. The normalized spacial score (nSPS) is 15.5. The number of amides is 2. The minimum absolute atomic E-state index is 0.0741. The molecule has 0 aliphatic carbocycles. The minimum atomic E-state index is -0.288. The molecule has 2 aromatic carbocycles. The van der Waals surface area contributed by atoms with Gasteiger partial charge in [0.25, 0.3) is 5.91 Å².